The Bertz CT molecular complexity index is 3060. The predicted octanol–water partition coefficient (Wildman–Crippen LogP) is 10.4. The first-order chi connectivity index (χ1) is 23.3. The van der Waals surface area contributed by atoms with Crippen LogP contribution in [-0.4, -0.2) is 23.5 Å². The lowest BCUT2D eigenvalue weighted by Crippen LogP contribution is -1.95. The second-order valence-corrected chi connectivity index (χ2v) is 12.3. The molecule has 5 heteroatoms. The van der Waals surface area contributed by atoms with Crippen molar-refractivity contribution in [2.45, 2.75) is 0 Å². The number of imidazole rings is 1. The third kappa shape index (κ3) is 3.22. The molecule has 0 saturated carbocycles. The summed E-state index contributed by atoms with van der Waals surface area (Å²) in [6.45, 7) is 0. The van der Waals surface area contributed by atoms with E-state index in [9.17, 15) is 0 Å². The van der Waals surface area contributed by atoms with Gasteiger partial charge in [0, 0.05) is 56.1 Å². The predicted molar refractivity (Wildman–Crippen MR) is 194 cm³/mol. The Hall–Kier alpha value is -6.46. The first kappa shape index (κ1) is 24.8. The number of benzene rings is 6. The van der Waals surface area contributed by atoms with Crippen molar-refractivity contribution in [1.82, 2.24) is 23.5 Å². The second kappa shape index (κ2) is 9.05. The third-order valence-corrected chi connectivity index (χ3v) is 9.86. The minimum Gasteiger partial charge on any atom is -0.309 e. The first-order valence-corrected chi connectivity index (χ1v) is 15.9. The zero-order chi connectivity index (χ0) is 30.6. The average molecular weight is 600 g/mol. The minimum atomic E-state index is 0.960. The van der Waals surface area contributed by atoms with E-state index < -0.39 is 0 Å². The molecule has 11 aromatic rings. The van der Waals surface area contributed by atoms with Crippen LogP contribution in [0.25, 0.3) is 93.3 Å². The normalized spacial score (nSPS) is 12.3. The molecule has 0 aliphatic carbocycles. The maximum Gasteiger partial charge on any atom is 0.146 e. The van der Waals surface area contributed by atoms with Gasteiger partial charge in [0.2, 0.25) is 0 Å². The molecule has 6 aromatic carbocycles. The van der Waals surface area contributed by atoms with E-state index in [1.165, 1.54) is 38.1 Å². The smallest absolute Gasteiger partial charge is 0.146 e. The van der Waals surface area contributed by atoms with Gasteiger partial charge in [-0.2, -0.15) is 0 Å². The summed E-state index contributed by atoms with van der Waals surface area (Å²) in [6, 6.07) is 50.0. The monoisotopic (exact) mass is 599 g/mol. The Balaban J connectivity index is 1.42. The van der Waals surface area contributed by atoms with Gasteiger partial charge in [-0.3, -0.25) is 9.38 Å². The van der Waals surface area contributed by atoms with Crippen molar-refractivity contribution in [2.75, 3.05) is 0 Å². The van der Waals surface area contributed by atoms with Crippen LogP contribution in [0.1, 0.15) is 0 Å². The van der Waals surface area contributed by atoms with Gasteiger partial charge >= 0.3 is 0 Å². The van der Waals surface area contributed by atoms with Gasteiger partial charge in [-0.25, -0.2) is 4.98 Å². The van der Waals surface area contributed by atoms with E-state index in [2.05, 4.69) is 158 Å². The van der Waals surface area contributed by atoms with E-state index in [0.29, 0.717) is 0 Å². The molecule has 0 amide bonds. The van der Waals surface area contributed by atoms with Crippen LogP contribution in [0.2, 0.25) is 0 Å². The maximum absolute atomic E-state index is 5.23. The number of fused-ring (bicyclic) bond motifs is 15. The van der Waals surface area contributed by atoms with Crippen molar-refractivity contribution in [3.05, 3.63) is 152 Å². The van der Waals surface area contributed by atoms with Crippen LogP contribution < -0.4 is 0 Å². The van der Waals surface area contributed by atoms with Gasteiger partial charge < -0.3 is 9.13 Å². The second-order valence-electron chi connectivity index (χ2n) is 12.3. The summed E-state index contributed by atoms with van der Waals surface area (Å²) in [5, 5.41) is 8.31. The molecular formula is C42H25N5. The Morgan fingerprint density at radius 3 is 1.81 bits per heavy atom. The highest BCUT2D eigenvalue weighted by atomic mass is 15.0. The fourth-order valence-electron chi connectivity index (χ4n) is 7.97. The van der Waals surface area contributed by atoms with Crippen LogP contribution in [-0.2, 0) is 0 Å². The van der Waals surface area contributed by atoms with Crippen molar-refractivity contribution in [3.63, 3.8) is 0 Å². The summed E-state index contributed by atoms with van der Waals surface area (Å²) in [7, 11) is 0. The topological polar surface area (TPSA) is 40.0 Å². The number of hydrogen-bond acceptors (Lipinski definition) is 2. The largest absolute Gasteiger partial charge is 0.309 e. The van der Waals surface area contributed by atoms with Gasteiger partial charge in [0.25, 0.3) is 0 Å². The number of pyridine rings is 2. The molecular weight excluding hydrogens is 574 g/mol. The van der Waals surface area contributed by atoms with Crippen molar-refractivity contribution in [1.29, 1.82) is 0 Å². The Kier molecular flexibility index (Phi) is 4.78. The van der Waals surface area contributed by atoms with E-state index in [0.717, 1.165) is 55.2 Å². The SMILES string of the molecule is c1ccc(-n2c3ccccc3c3c4c5cc6c(cc5n(-c5ccccc5)c4ccc32)c2cnccc2n2c3ccccc3nc62)cc1. The van der Waals surface area contributed by atoms with Crippen LogP contribution in [0, 0.1) is 0 Å². The van der Waals surface area contributed by atoms with E-state index in [-0.39, 0.29) is 0 Å². The fraction of sp³-hybridized carbons (Fsp3) is 0. The maximum atomic E-state index is 5.23. The highest BCUT2D eigenvalue weighted by Crippen LogP contribution is 2.44. The Morgan fingerprint density at radius 1 is 0.404 bits per heavy atom. The molecule has 218 valence electrons. The van der Waals surface area contributed by atoms with Crippen molar-refractivity contribution < 1.29 is 0 Å². The molecule has 0 aliphatic rings. The van der Waals surface area contributed by atoms with E-state index in [1.54, 1.807) is 0 Å². The van der Waals surface area contributed by atoms with Crippen LogP contribution >= 0.6 is 0 Å². The molecule has 5 aromatic heterocycles. The van der Waals surface area contributed by atoms with Crippen LogP contribution in [0.15, 0.2) is 152 Å². The molecule has 11 rings (SSSR count). The lowest BCUT2D eigenvalue weighted by molar-refractivity contribution is 1.17. The van der Waals surface area contributed by atoms with Gasteiger partial charge in [0.05, 0.1) is 38.6 Å². The lowest BCUT2D eigenvalue weighted by Gasteiger charge is -2.11. The summed E-state index contributed by atoms with van der Waals surface area (Å²) in [4.78, 5) is 9.83. The number of nitrogens with zero attached hydrogens (tertiary/aromatic N) is 5. The Labute approximate surface area is 268 Å². The Morgan fingerprint density at radius 2 is 1.04 bits per heavy atom. The molecule has 47 heavy (non-hydrogen) atoms. The lowest BCUT2D eigenvalue weighted by atomic mass is 10.0. The first-order valence-electron chi connectivity index (χ1n) is 15.9. The zero-order valence-corrected chi connectivity index (χ0v) is 25.2. The van der Waals surface area contributed by atoms with Crippen molar-refractivity contribution in [2.24, 2.45) is 0 Å². The summed E-state index contributed by atoms with van der Waals surface area (Å²) >= 11 is 0. The van der Waals surface area contributed by atoms with Crippen LogP contribution in [0.3, 0.4) is 0 Å². The molecule has 5 nitrogen and oxygen atoms in total. The number of rotatable bonds is 2. The van der Waals surface area contributed by atoms with Crippen molar-refractivity contribution >= 4 is 82.0 Å². The summed E-state index contributed by atoms with van der Waals surface area (Å²) in [5.41, 5.74) is 11.2. The van der Waals surface area contributed by atoms with E-state index >= 15 is 0 Å². The van der Waals surface area contributed by atoms with Crippen molar-refractivity contribution in [3.8, 4) is 11.4 Å². The molecule has 0 fully saturated rings. The molecule has 0 radical (unpaired) electrons. The van der Waals surface area contributed by atoms with E-state index in [4.69, 9.17) is 4.98 Å². The molecule has 0 bridgehead atoms. The molecule has 0 atom stereocenters. The molecule has 0 saturated heterocycles. The molecule has 0 unspecified atom stereocenters. The number of para-hydroxylation sites is 5. The van der Waals surface area contributed by atoms with Gasteiger partial charge in [-0.1, -0.05) is 66.7 Å². The van der Waals surface area contributed by atoms with Gasteiger partial charge in [0.15, 0.2) is 0 Å². The molecule has 5 heterocycles. The number of aromatic nitrogens is 5. The van der Waals surface area contributed by atoms with Gasteiger partial charge in [0.1, 0.15) is 5.65 Å². The molecule has 0 aliphatic heterocycles. The van der Waals surface area contributed by atoms with E-state index in [1.807, 2.05) is 12.4 Å². The summed E-state index contributed by atoms with van der Waals surface area (Å²) in [5.74, 6) is 0. The van der Waals surface area contributed by atoms with Crippen LogP contribution in [0.4, 0.5) is 0 Å². The average Bonchev–Trinajstić information content (AvgIpc) is 3.79. The zero-order valence-electron chi connectivity index (χ0n) is 25.2. The summed E-state index contributed by atoms with van der Waals surface area (Å²) in [6.07, 6.45) is 3.88. The van der Waals surface area contributed by atoms with Gasteiger partial charge in [-0.05, 0) is 78.2 Å². The minimum absolute atomic E-state index is 0.960. The molecule has 0 N–H and O–H groups in total. The fourth-order valence-corrected chi connectivity index (χ4v) is 7.97. The number of hydrogen-bond donors (Lipinski definition) is 0. The molecule has 0 spiro atoms. The highest BCUT2D eigenvalue weighted by molar-refractivity contribution is 6.31. The van der Waals surface area contributed by atoms with Crippen LogP contribution in [0.5, 0.6) is 0 Å². The third-order valence-electron chi connectivity index (χ3n) is 9.86. The highest BCUT2D eigenvalue weighted by Gasteiger charge is 2.22. The summed E-state index contributed by atoms with van der Waals surface area (Å²) < 4.78 is 7.12. The van der Waals surface area contributed by atoms with Gasteiger partial charge in [-0.15, -0.1) is 0 Å². The standard InChI is InChI=1S/C42H25N5/c1-3-11-26(12-4-1)45-34-17-9-7-15-28(34)40-37(45)19-20-38-41(40)31-23-30-29(24-39(31)46(38)27-13-5-2-6-14-27)32-25-43-22-21-35(32)47-36-18-10-8-16-33(36)44-42(30)47/h1-25H. The quantitative estimate of drug-likeness (QED) is 0.186.